The van der Waals surface area contributed by atoms with Crippen molar-refractivity contribution in [3.8, 4) is 0 Å². The SMILES string of the molecule is CCNC(=NCC(c1cnn(C)c1)N(C)C)N1CC(C)OC(c2ccc(F)cc2)C1.I. The molecule has 1 saturated heterocycles. The molecule has 1 aromatic carbocycles. The number of nitrogens with zero attached hydrogens (tertiary/aromatic N) is 5. The Morgan fingerprint density at radius 2 is 2.03 bits per heavy atom. The average molecular weight is 544 g/mol. The highest BCUT2D eigenvalue weighted by Gasteiger charge is 2.28. The van der Waals surface area contributed by atoms with E-state index in [1.807, 2.05) is 24.1 Å². The molecule has 3 atom stereocenters. The molecule has 1 aromatic heterocycles. The van der Waals surface area contributed by atoms with Crippen LogP contribution in [0.1, 0.15) is 37.1 Å². The van der Waals surface area contributed by atoms with Gasteiger partial charge >= 0.3 is 0 Å². The quantitative estimate of drug-likeness (QED) is 0.344. The molecule has 0 aliphatic carbocycles. The van der Waals surface area contributed by atoms with Crippen LogP contribution in [0.25, 0.3) is 0 Å². The monoisotopic (exact) mass is 544 g/mol. The number of morpholine rings is 1. The van der Waals surface area contributed by atoms with E-state index in [-0.39, 0.29) is 48.0 Å². The van der Waals surface area contributed by atoms with Crippen LogP contribution in [-0.2, 0) is 11.8 Å². The lowest BCUT2D eigenvalue weighted by Crippen LogP contribution is -2.51. The zero-order valence-electron chi connectivity index (χ0n) is 19.0. The molecule has 0 amide bonds. The maximum absolute atomic E-state index is 13.3. The highest BCUT2D eigenvalue weighted by molar-refractivity contribution is 14.0. The Morgan fingerprint density at radius 3 is 2.61 bits per heavy atom. The predicted molar refractivity (Wildman–Crippen MR) is 132 cm³/mol. The third-order valence-corrected chi connectivity index (χ3v) is 5.28. The van der Waals surface area contributed by atoms with E-state index in [9.17, 15) is 4.39 Å². The van der Waals surface area contributed by atoms with Crippen molar-refractivity contribution >= 4 is 29.9 Å². The molecule has 1 aliphatic rings. The Bertz CT molecular complexity index is 841. The summed E-state index contributed by atoms with van der Waals surface area (Å²) in [6.07, 6.45) is 3.85. The first-order valence-corrected chi connectivity index (χ1v) is 10.5. The lowest BCUT2D eigenvalue weighted by Gasteiger charge is -2.39. The number of likely N-dealkylation sites (N-methyl/N-ethyl adjacent to an activating group) is 1. The van der Waals surface area contributed by atoms with Crippen LogP contribution >= 0.6 is 24.0 Å². The van der Waals surface area contributed by atoms with Crippen LogP contribution in [0.2, 0.25) is 0 Å². The van der Waals surface area contributed by atoms with Gasteiger partial charge in [0, 0.05) is 31.9 Å². The summed E-state index contributed by atoms with van der Waals surface area (Å²) >= 11 is 0. The molecular weight excluding hydrogens is 510 g/mol. The Balaban J connectivity index is 0.00000341. The summed E-state index contributed by atoms with van der Waals surface area (Å²) in [5, 5.41) is 7.73. The van der Waals surface area contributed by atoms with Crippen LogP contribution in [0.15, 0.2) is 41.7 Å². The number of aryl methyl sites for hydroxylation is 1. The van der Waals surface area contributed by atoms with Gasteiger partial charge in [0.2, 0.25) is 0 Å². The normalized spacial score (nSPS) is 20.5. The Labute approximate surface area is 201 Å². The summed E-state index contributed by atoms with van der Waals surface area (Å²) in [6, 6.07) is 6.70. The Kier molecular flexibility index (Phi) is 9.70. The first kappa shape index (κ1) is 25.5. The van der Waals surface area contributed by atoms with Gasteiger partial charge in [-0.3, -0.25) is 9.67 Å². The number of hydrogen-bond donors (Lipinski definition) is 1. The minimum atomic E-state index is -0.237. The number of aliphatic imine (C=N–C) groups is 1. The predicted octanol–water partition coefficient (Wildman–Crippen LogP) is 3.21. The van der Waals surface area contributed by atoms with Crippen LogP contribution in [0, 0.1) is 5.82 Å². The number of benzene rings is 1. The molecule has 3 rings (SSSR count). The third kappa shape index (κ3) is 6.88. The number of aromatic nitrogens is 2. The smallest absolute Gasteiger partial charge is 0.194 e. The van der Waals surface area contributed by atoms with E-state index in [4.69, 9.17) is 9.73 Å². The minimum Gasteiger partial charge on any atom is -0.367 e. The molecule has 0 saturated carbocycles. The first-order valence-electron chi connectivity index (χ1n) is 10.5. The molecule has 1 N–H and O–H groups in total. The molecule has 0 bridgehead atoms. The van der Waals surface area contributed by atoms with E-state index in [2.05, 4.69) is 48.2 Å². The molecule has 3 unspecified atom stereocenters. The molecule has 0 radical (unpaired) electrons. The summed E-state index contributed by atoms with van der Waals surface area (Å²) in [7, 11) is 6.04. The molecule has 9 heteroatoms. The van der Waals surface area contributed by atoms with Gasteiger partial charge in [0.15, 0.2) is 5.96 Å². The Morgan fingerprint density at radius 1 is 1.32 bits per heavy atom. The van der Waals surface area contributed by atoms with Gasteiger partial charge in [0.05, 0.1) is 31.4 Å². The second-order valence-electron chi connectivity index (χ2n) is 8.01. The Hall–Kier alpha value is -1.72. The minimum absolute atomic E-state index is 0. The summed E-state index contributed by atoms with van der Waals surface area (Å²) < 4.78 is 21.3. The van der Waals surface area contributed by atoms with Crippen LogP contribution in [-0.4, -0.2) is 71.9 Å². The number of halogens is 2. The number of hydrogen-bond acceptors (Lipinski definition) is 4. The molecule has 172 valence electrons. The van der Waals surface area contributed by atoms with E-state index in [1.165, 1.54) is 12.1 Å². The van der Waals surface area contributed by atoms with Crippen molar-refractivity contribution in [3.05, 3.63) is 53.6 Å². The van der Waals surface area contributed by atoms with E-state index in [1.54, 1.807) is 12.1 Å². The number of guanidine groups is 1. The molecule has 1 fully saturated rings. The second kappa shape index (κ2) is 11.8. The molecule has 2 aromatic rings. The van der Waals surface area contributed by atoms with Crippen LogP contribution < -0.4 is 5.32 Å². The van der Waals surface area contributed by atoms with Gasteiger partial charge in [-0.2, -0.15) is 5.10 Å². The van der Waals surface area contributed by atoms with Gasteiger partial charge in [0.1, 0.15) is 11.9 Å². The summed E-state index contributed by atoms with van der Waals surface area (Å²) in [6.45, 7) is 6.95. The van der Waals surface area contributed by atoms with Gasteiger partial charge in [-0.15, -0.1) is 24.0 Å². The van der Waals surface area contributed by atoms with Crippen molar-refractivity contribution in [2.24, 2.45) is 12.0 Å². The van der Waals surface area contributed by atoms with Crippen molar-refractivity contribution in [2.45, 2.75) is 32.1 Å². The maximum Gasteiger partial charge on any atom is 0.194 e. The largest absolute Gasteiger partial charge is 0.367 e. The lowest BCUT2D eigenvalue weighted by atomic mass is 10.1. The fourth-order valence-electron chi connectivity index (χ4n) is 3.76. The van der Waals surface area contributed by atoms with Crippen molar-refractivity contribution in [1.82, 2.24) is 24.9 Å². The fraction of sp³-hybridized carbons (Fsp3) is 0.545. The zero-order chi connectivity index (χ0) is 21.7. The van der Waals surface area contributed by atoms with Crippen molar-refractivity contribution in [1.29, 1.82) is 0 Å². The highest BCUT2D eigenvalue weighted by Crippen LogP contribution is 2.26. The van der Waals surface area contributed by atoms with Gasteiger partial charge < -0.3 is 19.9 Å². The molecular formula is C22H34FIN6O. The molecule has 0 spiro atoms. The van der Waals surface area contributed by atoms with Gasteiger partial charge in [0.25, 0.3) is 0 Å². The topological polar surface area (TPSA) is 57.9 Å². The van der Waals surface area contributed by atoms with Crippen LogP contribution in [0.4, 0.5) is 4.39 Å². The summed E-state index contributed by atoms with van der Waals surface area (Å²) in [4.78, 5) is 9.36. The third-order valence-electron chi connectivity index (χ3n) is 5.28. The van der Waals surface area contributed by atoms with Gasteiger partial charge in [-0.05, 0) is 45.6 Å². The van der Waals surface area contributed by atoms with E-state index < -0.39 is 0 Å². The highest BCUT2D eigenvalue weighted by atomic mass is 127. The summed E-state index contributed by atoms with van der Waals surface area (Å²) in [5.41, 5.74) is 2.12. The van der Waals surface area contributed by atoms with Crippen LogP contribution in [0.5, 0.6) is 0 Å². The van der Waals surface area contributed by atoms with E-state index >= 15 is 0 Å². The molecule has 31 heavy (non-hydrogen) atoms. The standard InChI is InChI=1S/C22H33FN6O.HI/c1-6-24-22(25-12-20(27(3)4)18-11-26-28(5)14-18)29-13-16(2)30-21(15-29)17-7-9-19(23)10-8-17;/h7-11,14,16,20-21H,6,12-13,15H2,1-5H3,(H,24,25);1H. The van der Waals surface area contributed by atoms with Crippen molar-refractivity contribution in [2.75, 3.05) is 40.3 Å². The first-order chi connectivity index (χ1) is 14.4. The van der Waals surface area contributed by atoms with E-state index in [0.717, 1.165) is 30.2 Å². The summed E-state index contributed by atoms with van der Waals surface area (Å²) in [5.74, 6) is 0.634. The molecule has 7 nitrogen and oxygen atoms in total. The van der Waals surface area contributed by atoms with E-state index in [0.29, 0.717) is 13.1 Å². The number of rotatable bonds is 6. The maximum atomic E-state index is 13.3. The average Bonchev–Trinajstić information content (AvgIpc) is 3.13. The van der Waals surface area contributed by atoms with Crippen LogP contribution in [0.3, 0.4) is 0 Å². The lowest BCUT2D eigenvalue weighted by molar-refractivity contribution is -0.0605. The van der Waals surface area contributed by atoms with Gasteiger partial charge in [-0.25, -0.2) is 4.39 Å². The number of nitrogens with one attached hydrogen (secondary N) is 1. The molecule has 1 aliphatic heterocycles. The fourth-order valence-corrected chi connectivity index (χ4v) is 3.76. The van der Waals surface area contributed by atoms with Gasteiger partial charge in [-0.1, -0.05) is 12.1 Å². The van der Waals surface area contributed by atoms with Crippen molar-refractivity contribution < 1.29 is 9.13 Å². The zero-order valence-corrected chi connectivity index (χ0v) is 21.3. The molecule has 2 heterocycles. The number of ether oxygens (including phenoxy) is 1. The van der Waals surface area contributed by atoms with Crippen molar-refractivity contribution in [3.63, 3.8) is 0 Å². The second-order valence-corrected chi connectivity index (χ2v) is 8.01.